The normalized spacial score (nSPS) is 19.5. The van der Waals surface area contributed by atoms with Gasteiger partial charge in [-0.15, -0.1) is 11.3 Å². The van der Waals surface area contributed by atoms with Crippen LogP contribution in [0.1, 0.15) is 43.8 Å². The number of halogens is 2. The van der Waals surface area contributed by atoms with Gasteiger partial charge in [-0.2, -0.15) is 0 Å². The molecule has 28 heavy (non-hydrogen) atoms. The van der Waals surface area contributed by atoms with Gasteiger partial charge in [-0.1, -0.05) is 18.5 Å². The van der Waals surface area contributed by atoms with E-state index >= 15 is 0 Å². The molecule has 1 fully saturated rings. The Kier molecular flexibility index (Phi) is 5.43. The molecule has 1 saturated heterocycles. The third-order valence-electron chi connectivity index (χ3n) is 5.56. The second-order valence-electron chi connectivity index (χ2n) is 7.62. The van der Waals surface area contributed by atoms with Gasteiger partial charge in [0.15, 0.2) is 0 Å². The minimum absolute atomic E-state index is 0.0546. The van der Waals surface area contributed by atoms with Crippen LogP contribution in [0.15, 0.2) is 24.3 Å². The summed E-state index contributed by atoms with van der Waals surface area (Å²) in [6, 6.07) is 5.86. The number of aryl methyl sites for hydroxylation is 1. The molecule has 1 atom stereocenters. The van der Waals surface area contributed by atoms with Gasteiger partial charge < -0.3 is 9.80 Å². The SMILES string of the molecule is CC1CCc2sc(C(=O)N3CCN(C(=O)c4ccc(F)cc4Cl)CC3)cc2C1. The predicted molar refractivity (Wildman–Crippen MR) is 109 cm³/mol. The number of hydrogen-bond donors (Lipinski definition) is 0. The van der Waals surface area contributed by atoms with Crippen molar-refractivity contribution < 1.29 is 14.0 Å². The topological polar surface area (TPSA) is 40.6 Å². The van der Waals surface area contributed by atoms with Crippen LogP contribution in [0.25, 0.3) is 0 Å². The number of carbonyl (C=O) groups excluding carboxylic acids is 2. The third kappa shape index (κ3) is 3.80. The Balaban J connectivity index is 1.40. The van der Waals surface area contributed by atoms with Gasteiger partial charge in [-0.3, -0.25) is 9.59 Å². The molecule has 0 saturated carbocycles. The molecule has 1 aliphatic carbocycles. The van der Waals surface area contributed by atoms with Crippen molar-refractivity contribution in [3.8, 4) is 0 Å². The number of nitrogens with zero attached hydrogens (tertiary/aromatic N) is 2. The van der Waals surface area contributed by atoms with Crippen LogP contribution in [0.2, 0.25) is 5.02 Å². The molecule has 0 radical (unpaired) electrons. The summed E-state index contributed by atoms with van der Waals surface area (Å²) in [7, 11) is 0. The maximum absolute atomic E-state index is 13.2. The highest BCUT2D eigenvalue weighted by molar-refractivity contribution is 7.14. The number of benzene rings is 1. The average Bonchev–Trinajstić information content (AvgIpc) is 3.10. The van der Waals surface area contributed by atoms with E-state index < -0.39 is 5.82 Å². The van der Waals surface area contributed by atoms with E-state index in [1.54, 1.807) is 16.2 Å². The van der Waals surface area contributed by atoms with Crippen LogP contribution >= 0.6 is 22.9 Å². The maximum atomic E-state index is 13.2. The largest absolute Gasteiger partial charge is 0.335 e. The van der Waals surface area contributed by atoms with Crippen LogP contribution in [0.3, 0.4) is 0 Å². The first-order valence-electron chi connectivity index (χ1n) is 9.57. The molecular formula is C21H22ClFN2O2S. The first kappa shape index (κ1) is 19.4. The predicted octanol–water partition coefficient (Wildman–Crippen LogP) is 4.26. The summed E-state index contributed by atoms with van der Waals surface area (Å²) >= 11 is 7.63. The molecule has 7 heteroatoms. The minimum atomic E-state index is -0.468. The molecule has 0 N–H and O–H groups in total. The Morgan fingerprint density at radius 3 is 2.46 bits per heavy atom. The average molecular weight is 421 g/mol. The highest BCUT2D eigenvalue weighted by Crippen LogP contribution is 2.33. The van der Waals surface area contributed by atoms with Crippen LogP contribution in [-0.4, -0.2) is 47.8 Å². The standard InChI is InChI=1S/C21H22ClFN2O2S/c1-13-2-5-18-14(10-13)11-19(28-18)21(27)25-8-6-24(7-9-25)20(26)16-4-3-15(23)12-17(16)22/h3-4,11-13H,2,5-10H2,1H3. The highest BCUT2D eigenvalue weighted by Gasteiger charge is 2.28. The lowest BCUT2D eigenvalue weighted by atomic mass is 9.90. The Labute approximate surface area is 172 Å². The van der Waals surface area contributed by atoms with E-state index in [2.05, 4.69) is 13.0 Å². The summed E-state index contributed by atoms with van der Waals surface area (Å²) in [6.45, 7) is 4.12. The van der Waals surface area contributed by atoms with Crippen LogP contribution in [-0.2, 0) is 12.8 Å². The fourth-order valence-corrected chi connectivity index (χ4v) is 5.34. The summed E-state index contributed by atoms with van der Waals surface area (Å²) in [6.07, 6.45) is 3.31. The second kappa shape index (κ2) is 7.84. The fraction of sp³-hybridized carbons (Fsp3) is 0.429. The molecule has 148 valence electrons. The molecule has 1 aliphatic heterocycles. The van der Waals surface area contributed by atoms with Crippen LogP contribution in [0.5, 0.6) is 0 Å². The van der Waals surface area contributed by atoms with E-state index in [0.717, 1.165) is 23.8 Å². The van der Waals surface area contributed by atoms with Crippen LogP contribution in [0.4, 0.5) is 4.39 Å². The van der Waals surface area contributed by atoms with Gasteiger partial charge in [0.05, 0.1) is 15.5 Å². The Hall–Kier alpha value is -1.92. The van der Waals surface area contributed by atoms with Crippen molar-refractivity contribution in [1.82, 2.24) is 9.80 Å². The molecule has 4 nitrogen and oxygen atoms in total. The van der Waals surface area contributed by atoms with Crippen molar-refractivity contribution in [1.29, 1.82) is 0 Å². The Bertz CT molecular complexity index is 921. The third-order valence-corrected chi connectivity index (χ3v) is 7.09. The van der Waals surface area contributed by atoms with Crippen molar-refractivity contribution in [2.24, 2.45) is 5.92 Å². The number of hydrogen-bond acceptors (Lipinski definition) is 3. The van der Waals surface area contributed by atoms with E-state index in [4.69, 9.17) is 11.6 Å². The number of carbonyl (C=O) groups is 2. The van der Waals surface area contributed by atoms with Crippen molar-refractivity contribution in [2.75, 3.05) is 26.2 Å². The first-order chi connectivity index (χ1) is 13.4. The van der Waals surface area contributed by atoms with Gasteiger partial charge in [-0.25, -0.2) is 4.39 Å². The molecule has 1 unspecified atom stereocenters. The van der Waals surface area contributed by atoms with Crippen molar-refractivity contribution >= 4 is 34.8 Å². The van der Waals surface area contributed by atoms with Crippen molar-refractivity contribution in [3.63, 3.8) is 0 Å². The molecule has 4 rings (SSSR count). The molecule has 0 bridgehead atoms. The summed E-state index contributed by atoms with van der Waals surface area (Å²) in [5, 5.41) is 0.113. The van der Waals surface area contributed by atoms with Gasteiger partial charge in [-0.05, 0) is 55.0 Å². The van der Waals surface area contributed by atoms with Crippen molar-refractivity contribution in [2.45, 2.75) is 26.2 Å². The monoisotopic (exact) mass is 420 g/mol. The van der Waals surface area contributed by atoms with E-state index in [1.165, 1.54) is 29.0 Å². The van der Waals surface area contributed by atoms with Crippen molar-refractivity contribution in [3.05, 3.63) is 56.0 Å². The van der Waals surface area contributed by atoms with Gasteiger partial charge >= 0.3 is 0 Å². The van der Waals surface area contributed by atoms with Gasteiger partial charge in [0.2, 0.25) is 0 Å². The number of piperazine rings is 1. The smallest absolute Gasteiger partial charge is 0.264 e. The lowest BCUT2D eigenvalue weighted by Crippen LogP contribution is -2.50. The summed E-state index contributed by atoms with van der Waals surface area (Å²) in [5.41, 5.74) is 1.62. The van der Waals surface area contributed by atoms with Crippen LogP contribution in [0, 0.1) is 11.7 Å². The highest BCUT2D eigenvalue weighted by atomic mass is 35.5. The molecule has 2 amide bonds. The number of rotatable bonds is 2. The van der Waals surface area contributed by atoms with E-state index in [9.17, 15) is 14.0 Å². The minimum Gasteiger partial charge on any atom is -0.335 e. The molecule has 0 spiro atoms. The molecule has 2 aromatic rings. The number of thiophene rings is 1. The molecule has 2 heterocycles. The van der Waals surface area contributed by atoms with E-state index in [0.29, 0.717) is 37.7 Å². The summed E-state index contributed by atoms with van der Waals surface area (Å²) in [5.74, 6) is 0.0412. The van der Waals surface area contributed by atoms with Crippen LogP contribution < -0.4 is 0 Å². The fourth-order valence-electron chi connectivity index (χ4n) is 3.91. The van der Waals surface area contributed by atoms with E-state index in [-0.39, 0.29) is 16.8 Å². The summed E-state index contributed by atoms with van der Waals surface area (Å²) in [4.78, 5) is 31.2. The molecule has 1 aromatic carbocycles. The quantitative estimate of drug-likeness (QED) is 0.728. The van der Waals surface area contributed by atoms with Gasteiger partial charge in [0, 0.05) is 31.1 Å². The zero-order valence-corrected chi connectivity index (χ0v) is 17.3. The number of amides is 2. The number of fused-ring (bicyclic) bond motifs is 1. The Morgan fingerprint density at radius 2 is 1.79 bits per heavy atom. The first-order valence-corrected chi connectivity index (χ1v) is 10.8. The molecular weight excluding hydrogens is 399 g/mol. The molecule has 2 aliphatic rings. The van der Waals surface area contributed by atoms with Gasteiger partial charge in [0.1, 0.15) is 5.82 Å². The zero-order valence-electron chi connectivity index (χ0n) is 15.7. The Morgan fingerprint density at radius 1 is 1.11 bits per heavy atom. The lowest BCUT2D eigenvalue weighted by Gasteiger charge is -2.34. The molecule has 1 aromatic heterocycles. The van der Waals surface area contributed by atoms with Gasteiger partial charge in [0.25, 0.3) is 11.8 Å². The zero-order chi connectivity index (χ0) is 19.8. The maximum Gasteiger partial charge on any atom is 0.264 e. The summed E-state index contributed by atoms with van der Waals surface area (Å²) < 4.78 is 13.2. The lowest BCUT2D eigenvalue weighted by molar-refractivity contribution is 0.0538. The van der Waals surface area contributed by atoms with E-state index in [1.807, 2.05) is 4.90 Å². The second-order valence-corrected chi connectivity index (χ2v) is 9.16.